The summed E-state index contributed by atoms with van der Waals surface area (Å²) in [7, 11) is 0. The van der Waals surface area contributed by atoms with E-state index in [1.54, 1.807) is 4.90 Å². The first-order chi connectivity index (χ1) is 20.2. The molecular weight excluding hydrogens is 725 g/mol. The summed E-state index contributed by atoms with van der Waals surface area (Å²) in [5.74, 6) is -0.530. The number of carbonyl (C=O) groups excluding carboxylic acids is 2. The van der Waals surface area contributed by atoms with E-state index in [1.807, 2.05) is 71.0 Å². The van der Waals surface area contributed by atoms with E-state index in [0.717, 1.165) is 30.6 Å². The van der Waals surface area contributed by atoms with Gasteiger partial charge in [0.2, 0.25) is 0 Å². The topological polar surface area (TPSA) is 93.1 Å². The SMILES string of the molecule is CCOc1cc(C2C3=C(CC(C)(C)CC3=O)N(CC(=O)O)C3=C2C(=O)CC(C)(C)C3)cc(I)c1OCc1ccc(Br)cc1. The molecule has 5 rings (SSSR count). The normalized spacial score (nSPS) is 19.7. The number of hydrogen-bond acceptors (Lipinski definition) is 6. The molecule has 7 nitrogen and oxygen atoms in total. The van der Waals surface area contributed by atoms with Gasteiger partial charge in [-0.3, -0.25) is 14.4 Å². The second-order valence-corrected chi connectivity index (χ2v) is 15.3. The van der Waals surface area contributed by atoms with Crippen molar-refractivity contribution in [1.29, 1.82) is 0 Å². The lowest BCUT2D eigenvalue weighted by Crippen LogP contribution is -2.45. The summed E-state index contributed by atoms with van der Waals surface area (Å²) < 4.78 is 14.2. The number of hydrogen-bond donors (Lipinski definition) is 1. The van der Waals surface area contributed by atoms with Crippen LogP contribution in [-0.2, 0) is 21.0 Å². The third kappa shape index (κ3) is 6.57. The number of aliphatic carboxylic acids is 1. The van der Waals surface area contributed by atoms with Gasteiger partial charge < -0.3 is 19.5 Å². The standard InChI is InChI=1S/C34H37BrINO6/c1-6-42-27-12-20(11-22(36)32(27)43-18-19-7-9-21(35)10-8-19)29-30-23(13-33(2,3)15-25(30)38)37(17-28(40)41)24-14-34(4,5)16-26(39)31(24)29/h7-12,29H,6,13-18H2,1-5H3,(H,40,41). The number of ketones is 2. The van der Waals surface area contributed by atoms with Gasteiger partial charge in [0.05, 0.1) is 10.2 Å². The lowest BCUT2D eigenvalue weighted by molar-refractivity contribution is -0.138. The van der Waals surface area contributed by atoms with Crippen molar-refractivity contribution in [1.82, 2.24) is 4.90 Å². The van der Waals surface area contributed by atoms with Crippen molar-refractivity contribution in [2.24, 2.45) is 10.8 Å². The Labute approximate surface area is 275 Å². The molecule has 228 valence electrons. The van der Waals surface area contributed by atoms with Gasteiger partial charge in [0.1, 0.15) is 13.2 Å². The minimum absolute atomic E-state index is 0.0423. The average Bonchev–Trinajstić information content (AvgIpc) is 2.88. The number of carboxylic acid groups (broad SMARTS) is 1. The molecule has 1 N–H and O–H groups in total. The Morgan fingerprint density at radius 2 is 1.51 bits per heavy atom. The highest BCUT2D eigenvalue weighted by atomic mass is 127. The van der Waals surface area contributed by atoms with Gasteiger partial charge in [0.15, 0.2) is 23.1 Å². The van der Waals surface area contributed by atoms with E-state index in [-0.39, 0.29) is 28.9 Å². The largest absolute Gasteiger partial charge is 0.490 e. The molecule has 0 aromatic heterocycles. The van der Waals surface area contributed by atoms with Gasteiger partial charge in [-0.05, 0) is 88.6 Å². The van der Waals surface area contributed by atoms with E-state index in [4.69, 9.17) is 9.47 Å². The van der Waals surface area contributed by atoms with E-state index in [2.05, 4.69) is 38.5 Å². The molecule has 0 radical (unpaired) electrons. The van der Waals surface area contributed by atoms with Gasteiger partial charge in [-0.15, -0.1) is 0 Å². The highest BCUT2D eigenvalue weighted by Crippen LogP contribution is 2.55. The van der Waals surface area contributed by atoms with Crippen LogP contribution in [0.25, 0.3) is 0 Å². The molecule has 0 atom stereocenters. The Bertz CT molecular complexity index is 1500. The average molecular weight is 762 g/mol. The zero-order valence-electron chi connectivity index (χ0n) is 25.2. The molecule has 0 bridgehead atoms. The predicted octanol–water partition coefficient (Wildman–Crippen LogP) is 7.80. The number of benzene rings is 2. The fourth-order valence-corrected chi connectivity index (χ4v) is 7.65. The van der Waals surface area contributed by atoms with Crippen LogP contribution in [0.3, 0.4) is 0 Å². The van der Waals surface area contributed by atoms with Gasteiger partial charge in [-0.2, -0.15) is 0 Å². The summed E-state index contributed by atoms with van der Waals surface area (Å²) in [6.45, 7) is 10.5. The lowest BCUT2D eigenvalue weighted by atomic mass is 9.63. The van der Waals surface area contributed by atoms with Crippen LogP contribution in [0.1, 0.15) is 77.3 Å². The molecule has 0 saturated carbocycles. The van der Waals surface area contributed by atoms with Crippen LogP contribution in [0.15, 0.2) is 63.4 Å². The van der Waals surface area contributed by atoms with Crippen LogP contribution in [-0.4, -0.2) is 40.7 Å². The fourth-order valence-electron chi connectivity index (χ4n) is 6.60. The first kappa shape index (κ1) is 31.8. The number of allylic oxidation sites excluding steroid dienone is 4. The maximum atomic E-state index is 14.0. The molecule has 0 unspecified atom stereocenters. The van der Waals surface area contributed by atoms with E-state index in [1.165, 1.54) is 0 Å². The zero-order chi connectivity index (χ0) is 31.3. The van der Waals surface area contributed by atoms with E-state index in [0.29, 0.717) is 61.5 Å². The maximum Gasteiger partial charge on any atom is 0.323 e. The minimum Gasteiger partial charge on any atom is -0.490 e. The van der Waals surface area contributed by atoms with Crippen molar-refractivity contribution in [3.8, 4) is 11.5 Å². The van der Waals surface area contributed by atoms with Gasteiger partial charge in [0, 0.05) is 45.8 Å². The highest BCUT2D eigenvalue weighted by molar-refractivity contribution is 14.1. The quantitative estimate of drug-likeness (QED) is 0.275. The highest BCUT2D eigenvalue weighted by Gasteiger charge is 2.49. The first-order valence-electron chi connectivity index (χ1n) is 14.5. The third-order valence-electron chi connectivity index (χ3n) is 8.28. The van der Waals surface area contributed by atoms with Crippen molar-refractivity contribution in [3.05, 3.63) is 78.1 Å². The number of ether oxygens (including phenoxy) is 2. The van der Waals surface area contributed by atoms with Gasteiger partial charge in [0.25, 0.3) is 0 Å². The van der Waals surface area contributed by atoms with E-state index in [9.17, 15) is 19.5 Å². The van der Waals surface area contributed by atoms with Crippen LogP contribution >= 0.6 is 38.5 Å². The molecule has 2 aliphatic carbocycles. The Kier molecular flexibility index (Phi) is 8.88. The van der Waals surface area contributed by atoms with Crippen LogP contribution in [0.2, 0.25) is 0 Å². The third-order valence-corrected chi connectivity index (χ3v) is 9.61. The molecule has 43 heavy (non-hydrogen) atoms. The smallest absolute Gasteiger partial charge is 0.323 e. The van der Waals surface area contributed by atoms with Crippen LogP contribution in [0, 0.1) is 14.4 Å². The first-order valence-corrected chi connectivity index (χ1v) is 16.4. The van der Waals surface area contributed by atoms with Crippen LogP contribution in [0.5, 0.6) is 11.5 Å². The number of nitrogens with zero attached hydrogens (tertiary/aromatic N) is 1. The number of halogens is 2. The van der Waals surface area contributed by atoms with Crippen molar-refractivity contribution in [2.45, 2.75) is 72.8 Å². The number of rotatable bonds is 8. The summed E-state index contributed by atoms with van der Waals surface area (Å²) in [6, 6.07) is 11.8. The Morgan fingerprint density at radius 1 is 0.953 bits per heavy atom. The molecule has 9 heteroatoms. The number of carbonyl (C=O) groups is 3. The van der Waals surface area contributed by atoms with Crippen LogP contribution < -0.4 is 9.47 Å². The summed E-state index contributed by atoms with van der Waals surface area (Å²) in [5.41, 5.74) is 3.64. The molecular formula is C34H37BrINO6. The maximum absolute atomic E-state index is 14.0. The monoisotopic (exact) mass is 761 g/mol. The van der Waals surface area contributed by atoms with Crippen molar-refractivity contribution < 1.29 is 29.0 Å². The predicted molar refractivity (Wildman–Crippen MR) is 176 cm³/mol. The number of Topliss-reactive ketones (excluding diaryl/α,β-unsaturated/α-hetero) is 2. The number of carboxylic acids is 1. The van der Waals surface area contributed by atoms with Crippen LogP contribution in [0.4, 0.5) is 0 Å². The summed E-state index contributed by atoms with van der Waals surface area (Å²) in [4.78, 5) is 41.9. The molecule has 0 spiro atoms. The fraction of sp³-hybridized carbons (Fsp3) is 0.441. The van der Waals surface area contributed by atoms with E-state index >= 15 is 0 Å². The second-order valence-electron chi connectivity index (χ2n) is 13.2. The Hall–Kier alpha value is -2.66. The molecule has 0 amide bonds. The second kappa shape index (κ2) is 12.0. The summed E-state index contributed by atoms with van der Waals surface area (Å²) in [5, 5.41) is 9.94. The Morgan fingerprint density at radius 3 is 2.02 bits per heavy atom. The van der Waals surface area contributed by atoms with Gasteiger partial charge >= 0.3 is 5.97 Å². The van der Waals surface area contributed by atoms with Gasteiger partial charge in [-0.1, -0.05) is 55.8 Å². The zero-order valence-corrected chi connectivity index (χ0v) is 28.9. The molecule has 1 aliphatic heterocycles. The molecule has 2 aromatic rings. The van der Waals surface area contributed by atoms with Crippen molar-refractivity contribution >= 4 is 56.1 Å². The van der Waals surface area contributed by atoms with Gasteiger partial charge in [-0.25, -0.2) is 0 Å². The minimum atomic E-state index is -0.996. The van der Waals surface area contributed by atoms with E-state index < -0.39 is 11.9 Å². The summed E-state index contributed by atoms with van der Waals surface area (Å²) in [6.07, 6.45) is 1.75. The Balaban J connectivity index is 1.67. The molecule has 2 aromatic carbocycles. The molecule has 1 heterocycles. The molecule has 3 aliphatic rings. The van der Waals surface area contributed by atoms with Crippen molar-refractivity contribution in [3.63, 3.8) is 0 Å². The molecule has 0 fully saturated rings. The van der Waals surface area contributed by atoms with Crippen molar-refractivity contribution in [2.75, 3.05) is 13.2 Å². The lowest BCUT2D eigenvalue weighted by Gasteiger charge is -2.48. The summed E-state index contributed by atoms with van der Waals surface area (Å²) >= 11 is 5.70. The molecule has 0 saturated heterocycles.